The quantitative estimate of drug-likeness (QED) is 0.536. The Morgan fingerprint density at radius 1 is 1.46 bits per heavy atom. The number of hydrogen-bond donors (Lipinski definition) is 2. The van der Waals surface area contributed by atoms with Gasteiger partial charge in [-0.05, 0) is 31.5 Å². The molecule has 148 valence electrons. The molecule has 0 aromatic carbocycles. The van der Waals surface area contributed by atoms with Gasteiger partial charge in [0.05, 0.1) is 6.54 Å². The highest BCUT2D eigenvalue weighted by molar-refractivity contribution is 7.92. The molecule has 11 heteroatoms. The molecule has 1 aliphatic heterocycles. The van der Waals surface area contributed by atoms with Crippen LogP contribution in [-0.2, 0) is 21.2 Å². The molecule has 2 amide bonds. The van der Waals surface area contributed by atoms with Gasteiger partial charge < -0.3 is 4.90 Å². The zero-order valence-corrected chi connectivity index (χ0v) is 16.8. The van der Waals surface area contributed by atoms with Crippen molar-refractivity contribution in [2.45, 2.75) is 24.6 Å². The molecule has 3 heterocycles. The second kappa shape index (κ2) is 7.05. The van der Waals surface area contributed by atoms with Crippen molar-refractivity contribution in [2.75, 3.05) is 12.8 Å². The minimum absolute atomic E-state index is 0.0322. The second-order valence-electron chi connectivity index (χ2n) is 6.76. The fourth-order valence-electron chi connectivity index (χ4n) is 3.02. The highest BCUT2D eigenvalue weighted by Crippen LogP contribution is 2.32. The van der Waals surface area contributed by atoms with Gasteiger partial charge in [-0.1, -0.05) is 0 Å². The van der Waals surface area contributed by atoms with Crippen molar-refractivity contribution >= 4 is 33.1 Å². The number of hydrogen-bond acceptors (Lipinski definition) is 7. The number of nitrogens with one attached hydrogen (secondary N) is 1. The molecule has 1 atom stereocenters. The SMILES string of the molecule is CC(CCN1Cc2cc(-c3ccc(C#N)s3)cn2C1=O)(C(=O)NO)S(C)(=O)=O. The summed E-state index contributed by atoms with van der Waals surface area (Å²) in [6.07, 6.45) is 2.44. The Bertz CT molecular complexity index is 1100. The monoisotopic (exact) mass is 422 g/mol. The summed E-state index contributed by atoms with van der Waals surface area (Å²) in [5.74, 6) is -1.03. The maximum absolute atomic E-state index is 12.6. The van der Waals surface area contributed by atoms with E-state index in [9.17, 15) is 18.0 Å². The molecule has 2 aromatic rings. The van der Waals surface area contributed by atoms with Gasteiger partial charge >= 0.3 is 6.03 Å². The molecular weight excluding hydrogens is 404 g/mol. The molecule has 2 N–H and O–H groups in total. The van der Waals surface area contributed by atoms with Crippen LogP contribution in [0.5, 0.6) is 0 Å². The maximum atomic E-state index is 12.6. The van der Waals surface area contributed by atoms with E-state index in [4.69, 9.17) is 10.5 Å². The topological polar surface area (TPSA) is 132 Å². The van der Waals surface area contributed by atoms with E-state index < -0.39 is 20.5 Å². The first-order valence-electron chi connectivity index (χ1n) is 8.25. The lowest BCUT2D eigenvalue weighted by molar-refractivity contribution is -0.131. The van der Waals surface area contributed by atoms with E-state index in [2.05, 4.69) is 6.07 Å². The molecule has 0 radical (unpaired) electrons. The number of nitrogens with zero attached hydrogens (tertiary/aromatic N) is 3. The van der Waals surface area contributed by atoms with E-state index in [1.54, 1.807) is 12.3 Å². The van der Waals surface area contributed by atoms with Gasteiger partial charge in [0.15, 0.2) is 14.6 Å². The third-order valence-corrected chi connectivity index (χ3v) is 8.05. The van der Waals surface area contributed by atoms with Crippen LogP contribution < -0.4 is 5.48 Å². The summed E-state index contributed by atoms with van der Waals surface area (Å²) < 4.78 is 23.7. The van der Waals surface area contributed by atoms with Crippen LogP contribution in [-0.4, -0.2) is 52.6 Å². The molecule has 2 aromatic heterocycles. The number of hydroxylamine groups is 1. The van der Waals surface area contributed by atoms with Crippen LogP contribution in [0.4, 0.5) is 4.79 Å². The highest BCUT2D eigenvalue weighted by Gasteiger charge is 2.44. The molecule has 1 unspecified atom stereocenters. The summed E-state index contributed by atoms with van der Waals surface area (Å²) >= 11 is 1.33. The number of aromatic nitrogens is 1. The molecular formula is C17H18N4O5S2. The van der Waals surface area contributed by atoms with Crippen molar-refractivity contribution in [2.24, 2.45) is 0 Å². The van der Waals surface area contributed by atoms with Gasteiger partial charge in [-0.3, -0.25) is 14.6 Å². The highest BCUT2D eigenvalue weighted by atomic mass is 32.2. The summed E-state index contributed by atoms with van der Waals surface area (Å²) in [5.41, 5.74) is 2.96. The van der Waals surface area contributed by atoms with Crippen molar-refractivity contribution in [3.63, 3.8) is 0 Å². The van der Waals surface area contributed by atoms with Gasteiger partial charge in [-0.15, -0.1) is 11.3 Å². The van der Waals surface area contributed by atoms with Gasteiger partial charge in [0.25, 0.3) is 5.91 Å². The van der Waals surface area contributed by atoms with E-state index in [1.165, 1.54) is 33.2 Å². The molecule has 9 nitrogen and oxygen atoms in total. The maximum Gasteiger partial charge on any atom is 0.328 e. The number of sulfone groups is 1. The van der Waals surface area contributed by atoms with E-state index in [0.29, 0.717) is 4.88 Å². The van der Waals surface area contributed by atoms with E-state index in [-0.39, 0.29) is 25.5 Å². The lowest BCUT2D eigenvalue weighted by Gasteiger charge is -2.27. The van der Waals surface area contributed by atoms with Crippen LogP contribution >= 0.6 is 11.3 Å². The Morgan fingerprint density at radius 2 is 2.18 bits per heavy atom. The van der Waals surface area contributed by atoms with Gasteiger partial charge in [0.2, 0.25) is 0 Å². The molecule has 0 saturated carbocycles. The van der Waals surface area contributed by atoms with Crippen molar-refractivity contribution < 1.29 is 23.2 Å². The lowest BCUT2D eigenvalue weighted by Crippen LogP contribution is -2.50. The van der Waals surface area contributed by atoms with Crippen LogP contribution in [0.3, 0.4) is 0 Å². The van der Waals surface area contributed by atoms with Crippen LogP contribution in [0.1, 0.15) is 23.9 Å². The van der Waals surface area contributed by atoms with Gasteiger partial charge in [-0.2, -0.15) is 5.26 Å². The number of nitriles is 1. The Hall–Kier alpha value is -2.68. The molecule has 0 bridgehead atoms. The predicted molar refractivity (Wildman–Crippen MR) is 101 cm³/mol. The third kappa shape index (κ3) is 3.30. The zero-order valence-electron chi connectivity index (χ0n) is 15.2. The summed E-state index contributed by atoms with van der Waals surface area (Å²) in [6, 6.07) is 7.14. The van der Waals surface area contributed by atoms with Gasteiger partial charge in [0.1, 0.15) is 10.9 Å². The first kappa shape index (κ1) is 20.1. The average molecular weight is 422 g/mol. The lowest BCUT2D eigenvalue weighted by atomic mass is 10.1. The van der Waals surface area contributed by atoms with Crippen LogP contribution in [0.2, 0.25) is 0 Å². The van der Waals surface area contributed by atoms with Crippen LogP contribution in [0, 0.1) is 11.3 Å². The first-order chi connectivity index (χ1) is 13.1. The summed E-state index contributed by atoms with van der Waals surface area (Å²) in [5, 5.41) is 17.8. The smallest absolute Gasteiger partial charge is 0.318 e. The van der Waals surface area contributed by atoms with Crippen LogP contribution in [0.15, 0.2) is 24.4 Å². The Morgan fingerprint density at radius 3 is 2.71 bits per heavy atom. The summed E-state index contributed by atoms with van der Waals surface area (Å²) in [7, 11) is -3.82. The Labute approximate surface area is 165 Å². The molecule has 0 spiro atoms. The van der Waals surface area contributed by atoms with Crippen molar-refractivity contribution in [1.82, 2.24) is 14.9 Å². The number of carbonyl (C=O) groups excluding carboxylic acids is 2. The minimum Gasteiger partial charge on any atom is -0.318 e. The normalized spacial score (nSPS) is 15.8. The second-order valence-corrected chi connectivity index (χ2v) is 10.3. The molecule has 0 fully saturated rings. The van der Waals surface area contributed by atoms with Crippen molar-refractivity contribution in [3.05, 3.63) is 35.0 Å². The number of rotatable bonds is 6. The average Bonchev–Trinajstić information content (AvgIpc) is 3.34. The third-order valence-electron chi connectivity index (χ3n) is 4.99. The standard InChI is InChI=1S/C17H18N4O5S2/c1-17(15(22)19-24,28(2,25)26)5-6-20-10-12-7-11(9-21(12)16(20)23)14-4-3-13(8-18)27-14/h3-4,7,9,24H,5-6,10H2,1-2H3,(H,19,22). The molecule has 0 saturated heterocycles. The zero-order chi connectivity index (χ0) is 20.7. The van der Waals surface area contributed by atoms with Crippen molar-refractivity contribution in [1.29, 1.82) is 5.26 Å². The Kier molecular flexibility index (Phi) is 5.05. The van der Waals surface area contributed by atoms with E-state index in [0.717, 1.165) is 22.4 Å². The molecule has 3 rings (SSSR count). The number of carbonyl (C=O) groups is 2. The van der Waals surface area contributed by atoms with Crippen LogP contribution in [0.25, 0.3) is 10.4 Å². The molecule has 28 heavy (non-hydrogen) atoms. The number of fused-ring (bicyclic) bond motifs is 1. The van der Waals surface area contributed by atoms with Crippen molar-refractivity contribution in [3.8, 4) is 16.5 Å². The predicted octanol–water partition coefficient (Wildman–Crippen LogP) is 1.57. The van der Waals surface area contributed by atoms with Gasteiger partial charge in [-0.25, -0.2) is 18.7 Å². The molecule has 0 aliphatic carbocycles. The first-order valence-corrected chi connectivity index (χ1v) is 11.0. The minimum atomic E-state index is -3.82. The largest absolute Gasteiger partial charge is 0.328 e. The fraction of sp³-hybridized carbons (Fsp3) is 0.353. The van der Waals surface area contributed by atoms with E-state index in [1.807, 2.05) is 12.1 Å². The fourth-order valence-corrected chi connectivity index (χ4v) is 4.65. The number of amides is 2. The van der Waals surface area contributed by atoms with Gasteiger partial charge in [0, 0.05) is 35.1 Å². The summed E-state index contributed by atoms with van der Waals surface area (Å²) in [4.78, 5) is 27.4. The molecule has 1 aliphatic rings. The number of thiophene rings is 1. The summed E-state index contributed by atoms with van der Waals surface area (Å²) in [6.45, 7) is 1.52. The Balaban J connectivity index is 1.75. The van der Waals surface area contributed by atoms with E-state index >= 15 is 0 Å².